The molecule has 2 fully saturated rings. The van der Waals surface area contributed by atoms with Crippen molar-refractivity contribution >= 4 is 0 Å². The van der Waals surface area contributed by atoms with E-state index in [1.165, 1.54) is 32.1 Å². The van der Waals surface area contributed by atoms with Gasteiger partial charge in [0, 0.05) is 0 Å². The Morgan fingerprint density at radius 1 is 1.16 bits per heavy atom. The fourth-order valence-corrected chi connectivity index (χ4v) is 5.73. The third-order valence-corrected chi connectivity index (χ3v) is 6.75. The quantitative estimate of drug-likeness (QED) is 0.649. The Kier molecular flexibility index (Phi) is 2.71. The molecule has 0 amide bonds. The van der Waals surface area contributed by atoms with E-state index in [-0.39, 0.29) is 6.10 Å². The molecule has 0 spiro atoms. The number of fused-ring (bicyclic) bond motifs is 5. The van der Waals surface area contributed by atoms with Crippen LogP contribution in [-0.2, 0) is 0 Å². The summed E-state index contributed by atoms with van der Waals surface area (Å²) < 4.78 is 0. The van der Waals surface area contributed by atoms with Crippen molar-refractivity contribution in [2.24, 2.45) is 29.1 Å². The molecule has 4 aliphatic rings. The van der Waals surface area contributed by atoms with Crippen LogP contribution in [0.4, 0.5) is 0 Å². The zero-order valence-corrected chi connectivity index (χ0v) is 12.0. The number of aliphatic hydroxyl groups is 1. The summed E-state index contributed by atoms with van der Waals surface area (Å²) in [6, 6.07) is 0. The second-order valence-corrected chi connectivity index (χ2v) is 7.67. The van der Waals surface area contributed by atoms with Crippen molar-refractivity contribution in [3.05, 3.63) is 23.8 Å². The smallest absolute Gasteiger partial charge is 0.0577 e. The van der Waals surface area contributed by atoms with Gasteiger partial charge in [0.15, 0.2) is 0 Å². The second kappa shape index (κ2) is 4.22. The molecule has 6 atom stereocenters. The number of aliphatic hydroxyl groups excluding tert-OH is 1. The summed E-state index contributed by atoms with van der Waals surface area (Å²) in [6.07, 6.45) is 16.1. The van der Waals surface area contributed by atoms with Gasteiger partial charge in [-0.15, -0.1) is 0 Å². The van der Waals surface area contributed by atoms with E-state index >= 15 is 0 Å². The Labute approximate surface area is 116 Å². The van der Waals surface area contributed by atoms with E-state index in [4.69, 9.17) is 0 Å². The lowest BCUT2D eigenvalue weighted by Crippen LogP contribution is -2.44. The van der Waals surface area contributed by atoms with Crippen molar-refractivity contribution in [3.8, 4) is 0 Å². The van der Waals surface area contributed by atoms with Crippen molar-refractivity contribution in [2.75, 3.05) is 0 Å². The van der Waals surface area contributed by atoms with Crippen LogP contribution in [0.1, 0.15) is 51.9 Å². The molecule has 0 radical (unpaired) electrons. The molecule has 0 aromatic carbocycles. The van der Waals surface area contributed by atoms with Gasteiger partial charge >= 0.3 is 0 Å². The predicted octanol–water partition coefficient (Wildman–Crippen LogP) is 4.09. The molecule has 4 rings (SSSR count). The summed E-state index contributed by atoms with van der Waals surface area (Å²) in [5, 5.41) is 9.88. The van der Waals surface area contributed by atoms with Gasteiger partial charge in [-0.3, -0.25) is 0 Å². The maximum Gasteiger partial charge on any atom is 0.0577 e. The first kappa shape index (κ1) is 12.2. The summed E-state index contributed by atoms with van der Waals surface area (Å²) in [4.78, 5) is 0. The first-order valence-electron chi connectivity index (χ1n) is 8.22. The van der Waals surface area contributed by atoms with Crippen LogP contribution < -0.4 is 0 Å². The zero-order chi connectivity index (χ0) is 13.0. The number of rotatable bonds is 0. The van der Waals surface area contributed by atoms with E-state index in [0.29, 0.717) is 5.41 Å². The van der Waals surface area contributed by atoms with Crippen LogP contribution in [0.25, 0.3) is 0 Å². The average molecular weight is 258 g/mol. The molecule has 1 N–H and O–H groups in total. The fraction of sp³-hybridized carbons (Fsp3) is 0.778. The SMILES string of the molecule is C[C@@]12C=CC[C@H]1[C@@H]1CC=C3C[C@H](O)CC[C@@H]3[C@H]1CC2. The first-order chi connectivity index (χ1) is 9.17. The van der Waals surface area contributed by atoms with Gasteiger partial charge in [-0.05, 0) is 74.0 Å². The van der Waals surface area contributed by atoms with Gasteiger partial charge in [-0.1, -0.05) is 30.7 Å². The maximum absolute atomic E-state index is 9.88. The van der Waals surface area contributed by atoms with Gasteiger partial charge < -0.3 is 5.11 Å². The molecule has 0 saturated heterocycles. The van der Waals surface area contributed by atoms with Crippen LogP contribution in [0, 0.1) is 29.1 Å². The lowest BCUT2D eigenvalue weighted by molar-refractivity contribution is 0.0148. The highest BCUT2D eigenvalue weighted by Crippen LogP contribution is 2.59. The lowest BCUT2D eigenvalue weighted by Gasteiger charge is -2.52. The molecule has 0 bridgehead atoms. The molecular weight excluding hydrogens is 232 g/mol. The zero-order valence-electron chi connectivity index (χ0n) is 12.0. The molecule has 4 aliphatic carbocycles. The summed E-state index contributed by atoms with van der Waals surface area (Å²) in [6.45, 7) is 2.49. The third kappa shape index (κ3) is 1.77. The Balaban J connectivity index is 1.62. The summed E-state index contributed by atoms with van der Waals surface area (Å²) in [5.41, 5.74) is 2.11. The fourth-order valence-electron chi connectivity index (χ4n) is 5.73. The summed E-state index contributed by atoms with van der Waals surface area (Å²) >= 11 is 0. The number of allylic oxidation sites excluding steroid dienone is 3. The monoisotopic (exact) mass is 258 g/mol. The minimum Gasteiger partial charge on any atom is -0.393 e. The molecule has 0 aromatic rings. The van der Waals surface area contributed by atoms with Crippen LogP contribution in [0.15, 0.2) is 23.8 Å². The van der Waals surface area contributed by atoms with Crippen molar-refractivity contribution < 1.29 is 5.11 Å². The van der Waals surface area contributed by atoms with E-state index in [9.17, 15) is 5.11 Å². The van der Waals surface area contributed by atoms with E-state index in [1.54, 1.807) is 5.57 Å². The van der Waals surface area contributed by atoms with E-state index < -0.39 is 0 Å². The highest BCUT2D eigenvalue weighted by atomic mass is 16.3. The summed E-state index contributed by atoms with van der Waals surface area (Å²) in [7, 11) is 0. The second-order valence-electron chi connectivity index (χ2n) is 7.67. The van der Waals surface area contributed by atoms with E-state index in [0.717, 1.165) is 36.5 Å². The molecule has 104 valence electrons. The predicted molar refractivity (Wildman–Crippen MR) is 77.6 cm³/mol. The molecule has 19 heavy (non-hydrogen) atoms. The number of hydrogen-bond donors (Lipinski definition) is 1. The van der Waals surface area contributed by atoms with Gasteiger partial charge in [0.1, 0.15) is 0 Å². The molecule has 0 aromatic heterocycles. The Morgan fingerprint density at radius 3 is 2.95 bits per heavy atom. The normalized spacial score (nSPS) is 52.1. The van der Waals surface area contributed by atoms with Gasteiger partial charge in [-0.2, -0.15) is 0 Å². The standard InChI is InChI=1S/C18H26O/c1-18-9-2-3-17(18)16-6-4-12-11-13(19)5-7-14(12)15(16)8-10-18/h2,4,9,13-17,19H,3,5-8,10-11H2,1H3/t13-,14+,15-,16-,17+,18+/m1/s1. The van der Waals surface area contributed by atoms with Gasteiger partial charge in [0.25, 0.3) is 0 Å². The maximum atomic E-state index is 9.88. The molecular formula is C18H26O. The highest BCUT2D eigenvalue weighted by Gasteiger charge is 2.50. The van der Waals surface area contributed by atoms with Crippen molar-refractivity contribution in [1.82, 2.24) is 0 Å². The minimum atomic E-state index is -0.0546. The van der Waals surface area contributed by atoms with Crippen LogP contribution in [0.5, 0.6) is 0 Å². The van der Waals surface area contributed by atoms with Gasteiger partial charge in [-0.25, -0.2) is 0 Å². The summed E-state index contributed by atoms with van der Waals surface area (Å²) in [5.74, 6) is 3.55. The van der Waals surface area contributed by atoms with Crippen LogP contribution in [-0.4, -0.2) is 11.2 Å². The van der Waals surface area contributed by atoms with Gasteiger partial charge in [0.05, 0.1) is 6.10 Å². The van der Waals surface area contributed by atoms with Crippen LogP contribution in [0.3, 0.4) is 0 Å². The van der Waals surface area contributed by atoms with Crippen molar-refractivity contribution in [1.29, 1.82) is 0 Å². The molecule has 1 nitrogen and oxygen atoms in total. The highest BCUT2D eigenvalue weighted by molar-refractivity contribution is 5.22. The van der Waals surface area contributed by atoms with Gasteiger partial charge in [0.2, 0.25) is 0 Å². The lowest BCUT2D eigenvalue weighted by atomic mass is 9.53. The Bertz CT molecular complexity index is 435. The van der Waals surface area contributed by atoms with Crippen LogP contribution >= 0.6 is 0 Å². The van der Waals surface area contributed by atoms with E-state index in [1.807, 2.05) is 0 Å². The van der Waals surface area contributed by atoms with Crippen LogP contribution in [0.2, 0.25) is 0 Å². The Morgan fingerprint density at radius 2 is 2.05 bits per heavy atom. The molecule has 2 saturated carbocycles. The first-order valence-corrected chi connectivity index (χ1v) is 8.22. The molecule has 0 aliphatic heterocycles. The topological polar surface area (TPSA) is 20.2 Å². The Hall–Kier alpha value is -0.560. The van der Waals surface area contributed by atoms with Crippen molar-refractivity contribution in [2.45, 2.75) is 58.0 Å². The van der Waals surface area contributed by atoms with Crippen molar-refractivity contribution in [3.63, 3.8) is 0 Å². The minimum absolute atomic E-state index is 0.0546. The average Bonchev–Trinajstić information content (AvgIpc) is 2.79. The number of hydrogen-bond acceptors (Lipinski definition) is 1. The third-order valence-electron chi connectivity index (χ3n) is 6.75. The molecule has 1 heteroatoms. The largest absolute Gasteiger partial charge is 0.393 e. The van der Waals surface area contributed by atoms with E-state index in [2.05, 4.69) is 25.2 Å². The molecule has 0 heterocycles. The molecule has 0 unspecified atom stereocenters.